The zero-order valence-corrected chi connectivity index (χ0v) is 33.4. The molecule has 304 valence electrons. The summed E-state index contributed by atoms with van der Waals surface area (Å²) in [5, 5.41) is 42.6. The van der Waals surface area contributed by atoms with Crippen molar-refractivity contribution in [3.05, 3.63) is 218 Å². The minimum atomic E-state index is -2.03. The number of halogens is 2. The molecule has 9 rings (SSSR count). The molecule has 5 heterocycles. The largest absolute Gasteiger partial charge is 0.478 e. The Labute approximate surface area is 361 Å². The molecule has 0 aliphatic carbocycles. The van der Waals surface area contributed by atoms with E-state index in [1.807, 2.05) is 0 Å². The standard InChI is InChI=1S/C48H30Cl2N4O8/c49-47-24-23-38(54-47)42(27-11-3-6-14-30(27)45(59)60)36-20-19-34(52-36)40(25-9-1-4-12-28(25)43(55)56)33-17-18-35(51-33)41(26-10-2-5-13-29(26)44(57)58)37-21-22-39(53-37)48(47,50)32-16-8-7-15-31(32)46(61)62/h1-24,51,53H,(H,55,56)(H,57,58)(H,59,60)(H,61,62)/t47-,48-/m1/s1. The van der Waals surface area contributed by atoms with Crippen molar-refractivity contribution >= 4 is 75.2 Å². The van der Waals surface area contributed by atoms with E-state index in [2.05, 4.69) is 9.97 Å². The first-order valence-electron chi connectivity index (χ1n) is 18.9. The highest BCUT2D eigenvalue weighted by Crippen LogP contribution is 2.54. The van der Waals surface area contributed by atoms with Crippen molar-refractivity contribution in [2.24, 2.45) is 9.98 Å². The number of aromatic carboxylic acids is 4. The lowest BCUT2D eigenvalue weighted by molar-refractivity contribution is 0.0684. The van der Waals surface area contributed by atoms with E-state index in [-0.39, 0.29) is 56.1 Å². The average molecular weight is 862 g/mol. The number of hydrogen-bond donors (Lipinski definition) is 6. The van der Waals surface area contributed by atoms with Crippen molar-refractivity contribution < 1.29 is 39.6 Å². The van der Waals surface area contributed by atoms with E-state index in [1.165, 1.54) is 36.4 Å². The fraction of sp³-hybridized carbons (Fsp3) is 0.0417. The second-order valence-corrected chi connectivity index (χ2v) is 15.6. The lowest BCUT2D eigenvalue weighted by Gasteiger charge is -2.37. The molecule has 6 aromatic rings. The van der Waals surface area contributed by atoms with E-state index in [9.17, 15) is 39.6 Å². The molecule has 3 aliphatic heterocycles. The summed E-state index contributed by atoms with van der Waals surface area (Å²) in [7, 11) is 0. The molecule has 6 N–H and O–H groups in total. The van der Waals surface area contributed by atoms with Crippen molar-refractivity contribution in [2.75, 3.05) is 0 Å². The molecule has 62 heavy (non-hydrogen) atoms. The van der Waals surface area contributed by atoms with Crippen LogP contribution in [0.25, 0.3) is 16.7 Å². The molecular weight excluding hydrogens is 831 g/mol. The fourth-order valence-corrected chi connectivity index (χ4v) is 9.00. The molecule has 3 aliphatic rings. The monoisotopic (exact) mass is 860 g/mol. The Balaban J connectivity index is 1.48. The molecule has 0 unspecified atom stereocenters. The van der Waals surface area contributed by atoms with Gasteiger partial charge in [-0.15, -0.1) is 11.6 Å². The molecule has 8 bridgehead atoms. The minimum absolute atomic E-state index is 0.0254. The number of nitrogens with one attached hydrogen (secondary N) is 2. The topological polar surface area (TPSA) is 205 Å². The van der Waals surface area contributed by atoms with Gasteiger partial charge in [-0.05, 0) is 78.4 Å². The number of nitrogens with zero attached hydrogens (tertiary/aromatic N) is 2. The van der Waals surface area contributed by atoms with E-state index < -0.39 is 33.7 Å². The number of fused-ring (bicyclic) bond motifs is 6. The Hall–Kier alpha value is -7.80. The summed E-state index contributed by atoms with van der Waals surface area (Å²) < 4.78 is 0. The minimum Gasteiger partial charge on any atom is -0.478 e. The van der Waals surface area contributed by atoms with E-state index in [0.29, 0.717) is 44.4 Å². The second kappa shape index (κ2) is 15.0. The van der Waals surface area contributed by atoms with Gasteiger partial charge in [-0.2, -0.15) is 0 Å². The van der Waals surface area contributed by atoms with Crippen LogP contribution < -0.4 is 10.7 Å². The van der Waals surface area contributed by atoms with Crippen LogP contribution in [0.2, 0.25) is 0 Å². The van der Waals surface area contributed by atoms with Gasteiger partial charge < -0.3 is 30.4 Å². The average Bonchev–Trinajstić information content (AvgIpc) is 4.11. The van der Waals surface area contributed by atoms with Crippen molar-refractivity contribution in [2.45, 2.75) is 9.87 Å². The number of carboxylic acids is 4. The SMILES string of the molecule is O=C(O)c1ccccc1C1=C2C=CC(=N2)C(c2ccccc2C(=O)O)=c2ccc([nH]2)=C(c2ccccc2C(=O)O)c2ccc([nH]2)[C@](Cl)(c2ccccc2C(=O)O)[C@@]2(Cl)C=CC1=N2. The number of carboxylic acid groups (broad SMARTS) is 4. The highest BCUT2D eigenvalue weighted by atomic mass is 35.5. The first kappa shape index (κ1) is 39.6. The van der Waals surface area contributed by atoms with Gasteiger partial charge >= 0.3 is 23.9 Å². The van der Waals surface area contributed by atoms with Gasteiger partial charge in [0.1, 0.15) is 0 Å². The van der Waals surface area contributed by atoms with Crippen LogP contribution in [0.3, 0.4) is 0 Å². The summed E-state index contributed by atoms with van der Waals surface area (Å²) in [5.74, 6) is -4.92. The molecular formula is C48H30Cl2N4O8. The zero-order valence-electron chi connectivity index (χ0n) is 31.9. The quantitative estimate of drug-likeness (QED) is 0.0668. The molecule has 14 heteroatoms. The predicted molar refractivity (Wildman–Crippen MR) is 234 cm³/mol. The van der Waals surface area contributed by atoms with Gasteiger partial charge in [0.2, 0.25) is 0 Å². The van der Waals surface area contributed by atoms with Gasteiger partial charge in [0.05, 0.1) is 39.4 Å². The van der Waals surface area contributed by atoms with Crippen molar-refractivity contribution in [3.63, 3.8) is 0 Å². The number of benzene rings is 4. The lowest BCUT2D eigenvalue weighted by atomic mass is 9.84. The third kappa shape index (κ3) is 6.32. The zero-order chi connectivity index (χ0) is 43.5. The normalized spacial score (nSPS) is 19.1. The highest BCUT2D eigenvalue weighted by Gasteiger charge is 2.55. The molecule has 2 aromatic heterocycles. The summed E-state index contributed by atoms with van der Waals surface area (Å²) >= 11 is 15.5. The van der Waals surface area contributed by atoms with Crippen LogP contribution in [-0.4, -0.2) is 70.7 Å². The van der Waals surface area contributed by atoms with Crippen LogP contribution in [0, 0.1) is 0 Å². The van der Waals surface area contributed by atoms with Crippen LogP contribution in [0.1, 0.15) is 75.1 Å². The molecule has 0 saturated heterocycles. The Morgan fingerprint density at radius 3 is 1.58 bits per heavy atom. The number of rotatable bonds is 8. The summed E-state index contributed by atoms with van der Waals surface area (Å²) in [5.41, 5.74) is 2.83. The number of carbonyl (C=O) groups is 4. The van der Waals surface area contributed by atoms with Crippen molar-refractivity contribution in [1.29, 1.82) is 0 Å². The second-order valence-electron chi connectivity index (χ2n) is 14.5. The molecule has 0 fully saturated rings. The Morgan fingerprint density at radius 1 is 0.500 bits per heavy atom. The molecule has 0 spiro atoms. The van der Waals surface area contributed by atoms with E-state index in [1.54, 1.807) is 109 Å². The van der Waals surface area contributed by atoms with Gasteiger partial charge in [0.15, 0.2) is 9.87 Å². The number of alkyl halides is 2. The van der Waals surface area contributed by atoms with Gasteiger partial charge in [0.25, 0.3) is 0 Å². The van der Waals surface area contributed by atoms with E-state index >= 15 is 0 Å². The van der Waals surface area contributed by atoms with Crippen LogP contribution in [0.4, 0.5) is 0 Å². The molecule has 0 saturated carbocycles. The third-order valence-corrected chi connectivity index (χ3v) is 12.3. The van der Waals surface area contributed by atoms with Crippen LogP contribution in [0.15, 0.2) is 161 Å². The number of allylic oxidation sites excluding steroid dienone is 4. The predicted octanol–water partition coefficient (Wildman–Crippen LogP) is 7.45. The Bertz CT molecular complexity index is 3260. The van der Waals surface area contributed by atoms with Crippen molar-refractivity contribution in [1.82, 2.24) is 9.97 Å². The molecule has 0 amide bonds. The lowest BCUT2D eigenvalue weighted by Crippen LogP contribution is -2.42. The number of aromatic amines is 2. The number of aromatic nitrogens is 2. The Morgan fingerprint density at radius 2 is 1.00 bits per heavy atom. The van der Waals surface area contributed by atoms with Gasteiger partial charge in [-0.1, -0.05) is 84.4 Å². The first-order valence-corrected chi connectivity index (χ1v) is 19.7. The smallest absolute Gasteiger partial charge is 0.336 e. The van der Waals surface area contributed by atoms with Gasteiger partial charge in [0, 0.05) is 55.5 Å². The fourth-order valence-electron chi connectivity index (χ4n) is 8.26. The third-order valence-electron chi connectivity index (χ3n) is 11.0. The van der Waals surface area contributed by atoms with Crippen LogP contribution >= 0.6 is 23.2 Å². The maximum absolute atomic E-state index is 12.9. The molecule has 4 aromatic carbocycles. The maximum atomic E-state index is 12.9. The summed E-state index contributed by atoms with van der Waals surface area (Å²) in [6.45, 7) is 0. The van der Waals surface area contributed by atoms with E-state index in [0.717, 1.165) is 0 Å². The van der Waals surface area contributed by atoms with Crippen LogP contribution in [0.5, 0.6) is 0 Å². The van der Waals surface area contributed by atoms with Crippen LogP contribution in [-0.2, 0) is 4.87 Å². The summed E-state index contributed by atoms with van der Waals surface area (Å²) in [6.07, 6.45) is 6.40. The van der Waals surface area contributed by atoms with Gasteiger partial charge in [-0.3, -0.25) is 4.99 Å². The van der Waals surface area contributed by atoms with Crippen molar-refractivity contribution in [3.8, 4) is 0 Å². The Kier molecular flexibility index (Phi) is 9.61. The number of aliphatic imine (C=N–C) groups is 2. The summed E-state index contributed by atoms with van der Waals surface area (Å²) in [6, 6.07) is 31.9. The maximum Gasteiger partial charge on any atom is 0.336 e. The number of hydrogen-bond acceptors (Lipinski definition) is 6. The molecule has 12 nitrogen and oxygen atoms in total. The van der Waals surface area contributed by atoms with E-state index in [4.69, 9.17) is 33.2 Å². The molecule has 2 atom stereocenters. The highest BCUT2D eigenvalue weighted by molar-refractivity contribution is 6.42. The summed E-state index contributed by atoms with van der Waals surface area (Å²) in [4.78, 5) is 64.0. The molecule has 0 radical (unpaired) electrons. The first-order chi connectivity index (χ1) is 29.8. The van der Waals surface area contributed by atoms with Gasteiger partial charge in [-0.25, -0.2) is 24.2 Å². The number of H-pyrrole nitrogens is 2.